The molecule has 110 valence electrons. The average Bonchev–Trinajstić information content (AvgIpc) is 2.47. The highest BCUT2D eigenvalue weighted by atomic mass is 16.5. The minimum atomic E-state index is -0.471. The van der Waals surface area contributed by atoms with E-state index in [-0.39, 0.29) is 5.78 Å². The van der Waals surface area contributed by atoms with Crippen molar-refractivity contribution >= 4 is 5.78 Å². The van der Waals surface area contributed by atoms with Gasteiger partial charge in [0.2, 0.25) is 0 Å². The van der Waals surface area contributed by atoms with Crippen LogP contribution in [0.15, 0.2) is 18.2 Å². The number of hydrogen-bond acceptors (Lipinski definition) is 3. The number of Topliss-reactive ketones (excluding diaryl/α,β-unsaturated/α-hetero) is 1. The molecule has 0 aliphatic carbocycles. The van der Waals surface area contributed by atoms with E-state index in [9.17, 15) is 4.79 Å². The van der Waals surface area contributed by atoms with E-state index in [0.717, 1.165) is 18.7 Å². The molecule has 0 N–H and O–H groups in total. The van der Waals surface area contributed by atoms with E-state index in [0.29, 0.717) is 11.3 Å². The van der Waals surface area contributed by atoms with E-state index in [2.05, 4.69) is 4.90 Å². The molecule has 0 amide bonds. The van der Waals surface area contributed by atoms with E-state index in [1.54, 1.807) is 7.11 Å². The number of nitrogens with zero attached hydrogens (tertiary/aromatic N) is 1. The zero-order valence-electron chi connectivity index (χ0n) is 13.0. The summed E-state index contributed by atoms with van der Waals surface area (Å²) >= 11 is 0. The monoisotopic (exact) mass is 275 g/mol. The van der Waals surface area contributed by atoms with Crippen molar-refractivity contribution in [2.75, 3.05) is 20.2 Å². The highest BCUT2D eigenvalue weighted by Crippen LogP contribution is 2.29. The number of likely N-dealkylation sites (tertiary alicyclic amines) is 1. The molecule has 1 aromatic rings. The van der Waals surface area contributed by atoms with Gasteiger partial charge in [0.1, 0.15) is 5.75 Å². The van der Waals surface area contributed by atoms with Crippen molar-refractivity contribution in [3.63, 3.8) is 0 Å². The smallest absolute Gasteiger partial charge is 0.186 e. The molecule has 0 atom stereocenters. The van der Waals surface area contributed by atoms with Crippen LogP contribution in [0.1, 0.15) is 49.0 Å². The van der Waals surface area contributed by atoms with Gasteiger partial charge in [0.25, 0.3) is 0 Å². The first kappa shape index (κ1) is 15.0. The van der Waals surface area contributed by atoms with Crippen molar-refractivity contribution < 1.29 is 9.53 Å². The van der Waals surface area contributed by atoms with Gasteiger partial charge in [-0.25, -0.2) is 0 Å². The Hall–Kier alpha value is -1.35. The Morgan fingerprint density at radius 3 is 2.45 bits per heavy atom. The van der Waals surface area contributed by atoms with Crippen LogP contribution in [-0.4, -0.2) is 36.4 Å². The lowest BCUT2D eigenvalue weighted by Gasteiger charge is -2.40. The van der Waals surface area contributed by atoms with Crippen molar-refractivity contribution in [1.29, 1.82) is 0 Å². The molecule has 1 fully saturated rings. The second-order valence-corrected chi connectivity index (χ2v) is 6.14. The number of ketones is 1. The van der Waals surface area contributed by atoms with E-state index >= 15 is 0 Å². The third-order valence-corrected chi connectivity index (χ3v) is 4.30. The topological polar surface area (TPSA) is 29.5 Å². The number of piperidine rings is 1. The third-order valence-electron chi connectivity index (χ3n) is 4.30. The SMILES string of the molecule is COc1ccc(C)cc1C(=O)C(C)(C)N1CCCCC1. The van der Waals surface area contributed by atoms with Gasteiger partial charge in [-0.3, -0.25) is 9.69 Å². The molecular weight excluding hydrogens is 250 g/mol. The van der Waals surface area contributed by atoms with Gasteiger partial charge in [-0.1, -0.05) is 18.1 Å². The molecule has 20 heavy (non-hydrogen) atoms. The molecule has 0 radical (unpaired) electrons. The lowest BCUT2D eigenvalue weighted by Crippen LogP contribution is -2.52. The van der Waals surface area contributed by atoms with Gasteiger partial charge in [-0.15, -0.1) is 0 Å². The maximum Gasteiger partial charge on any atom is 0.186 e. The summed E-state index contributed by atoms with van der Waals surface area (Å²) < 4.78 is 5.36. The molecule has 3 nitrogen and oxygen atoms in total. The van der Waals surface area contributed by atoms with Gasteiger partial charge in [0, 0.05) is 0 Å². The predicted molar refractivity (Wildman–Crippen MR) is 81.6 cm³/mol. The van der Waals surface area contributed by atoms with E-state index in [1.165, 1.54) is 19.3 Å². The fourth-order valence-electron chi connectivity index (χ4n) is 2.93. The van der Waals surface area contributed by atoms with Crippen molar-refractivity contribution in [3.8, 4) is 5.75 Å². The molecule has 0 saturated carbocycles. The summed E-state index contributed by atoms with van der Waals surface area (Å²) in [4.78, 5) is 15.3. The first-order chi connectivity index (χ1) is 9.46. The number of aryl methyl sites for hydroxylation is 1. The van der Waals surface area contributed by atoms with Gasteiger partial charge in [-0.05, 0) is 58.8 Å². The molecular formula is C17H25NO2. The van der Waals surface area contributed by atoms with Crippen molar-refractivity contribution in [3.05, 3.63) is 29.3 Å². The predicted octanol–water partition coefficient (Wildman–Crippen LogP) is 3.45. The summed E-state index contributed by atoms with van der Waals surface area (Å²) in [5, 5.41) is 0. The zero-order valence-corrected chi connectivity index (χ0v) is 13.0. The van der Waals surface area contributed by atoms with Crippen LogP contribution in [0.4, 0.5) is 0 Å². The summed E-state index contributed by atoms with van der Waals surface area (Å²) in [6.07, 6.45) is 3.64. The Kier molecular flexibility index (Phi) is 4.48. The highest BCUT2D eigenvalue weighted by molar-refractivity contribution is 6.05. The maximum atomic E-state index is 13.0. The van der Waals surface area contributed by atoms with E-state index in [4.69, 9.17) is 4.74 Å². The first-order valence-corrected chi connectivity index (χ1v) is 7.41. The lowest BCUT2D eigenvalue weighted by molar-refractivity contribution is 0.0576. The van der Waals surface area contributed by atoms with Crippen LogP contribution in [0, 0.1) is 6.92 Å². The highest BCUT2D eigenvalue weighted by Gasteiger charge is 2.36. The minimum absolute atomic E-state index is 0.153. The fourth-order valence-corrected chi connectivity index (χ4v) is 2.93. The number of rotatable bonds is 4. The molecule has 0 spiro atoms. The summed E-state index contributed by atoms with van der Waals surface area (Å²) in [5.74, 6) is 0.825. The normalized spacial score (nSPS) is 17.0. The molecule has 1 heterocycles. The van der Waals surface area contributed by atoms with Crippen molar-refractivity contribution in [2.45, 2.75) is 45.6 Å². The Labute approximate surface area is 121 Å². The Bertz CT molecular complexity index is 488. The Morgan fingerprint density at radius 2 is 1.85 bits per heavy atom. The Morgan fingerprint density at radius 1 is 1.20 bits per heavy atom. The largest absolute Gasteiger partial charge is 0.496 e. The zero-order chi connectivity index (χ0) is 14.8. The quantitative estimate of drug-likeness (QED) is 0.788. The van der Waals surface area contributed by atoms with Crippen LogP contribution in [0.25, 0.3) is 0 Å². The molecule has 3 heteroatoms. The maximum absolute atomic E-state index is 13.0. The summed E-state index contributed by atoms with van der Waals surface area (Å²) in [7, 11) is 1.62. The van der Waals surface area contributed by atoms with Gasteiger partial charge in [-0.2, -0.15) is 0 Å². The fraction of sp³-hybridized carbons (Fsp3) is 0.588. The molecule has 0 bridgehead atoms. The molecule has 1 aliphatic rings. The molecule has 0 aromatic heterocycles. The number of methoxy groups -OCH3 is 1. The standard InChI is InChI=1S/C17H25NO2/c1-13-8-9-15(20-4)14(12-13)16(19)17(2,3)18-10-6-5-7-11-18/h8-9,12H,5-7,10-11H2,1-4H3. The van der Waals surface area contributed by atoms with Gasteiger partial charge >= 0.3 is 0 Å². The number of benzene rings is 1. The number of ether oxygens (including phenoxy) is 1. The second-order valence-electron chi connectivity index (χ2n) is 6.14. The van der Waals surface area contributed by atoms with Gasteiger partial charge in [0.05, 0.1) is 18.2 Å². The van der Waals surface area contributed by atoms with Crippen LogP contribution in [0.3, 0.4) is 0 Å². The molecule has 0 unspecified atom stereocenters. The molecule has 2 rings (SSSR count). The third kappa shape index (κ3) is 2.88. The van der Waals surface area contributed by atoms with Crippen LogP contribution < -0.4 is 4.74 Å². The minimum Gasteiger partial charge on any atom is -0.496 e. The molecule has 1 aliphatic heterocycles. The number of hydrogen-bond donors (Lipinski definition) is 0. The van der Waals surface area contributed by atoms with Gasteiger partial charge in [0.15, 0.2) is 5.78 Å². The Balaban J connectivity index is 2.31. The van der Waals surface area contributed by atoms with Gasteiger partial charge < -0.3 is 4.74 Å². The second kappa shape index (κ2) is 5.96. The van der Waals surface area contributed by atoms with Crippen LogP contribution in [-0.2, 0) is 0 Å². The van der Waals surface area contributed by atoms with Crippen LogP contribution in [0.5, 0.6) is 5.75 Å². The summed E-state index contributed by atoms with van der Waals surface area (Å²) in [5.41, 5.74) is 1.31. The average molecular weight is 275 g/mol. The van der Waals surface area contributed by atoms with Crippen LogP contribution in [0.2, 0.25) is 0 Å². The van der Waals surface area contributed by atoms with E-state index in [1.807, 2.05) is 39.0 Å². The van der Waals surface area contributed by atoms with Crippen molar-refractivity contribution in [2.24, 2.45) is 0 Å². The lowest BCUT2D eigenvalue weighted by atomic mass is 9.88. The number of carbonyl (C=O) groups is 1. The number of carbonyl (C=O) groups excluding carboxylic acids is 1. The summed E-state index contributed by atoms with van der Waals surface area (Å²) in [6.45, 7) is 8.08. The first-order valence-electron chi connectivity index (χ1n) is 7.41. The molecule has 1 aromatic carbocycles. The van der Waals surface area contributed by atoms with E-state index < -0.39 is 5.54 Å². The summed E-state index contributed by atoms with van der Waals surface area (Å²) in [6, 6.07) is 5.80. The molecule has 1 saturated heterocycles. The van der Waals surface area contributed by atoms with Crippen molar-refractivity contribution in [1.82, 2.24) is 4.90 Å². The van der Waals surface area contributed by atoms with Crippen LogP contribution >= 0.6 is 0 Å².